The Morgan fingerprint density at radius 3 is 2.60 bits per heavy atom. The molecule has 1 heterocycles. The van der Waals surface area contributed by atoms with E-state index in [1.165, 1.54) is 11.6 Å². The maximum Gasteiger partial charge on any atom is 0.248 e. The lowest BCUT2D eigenvalue weighted by molar-refractivity contribution is -0.111. The van der Waals surface area contributed by atoms with Crippen LogP contribution in [0.4, 0.5) is 11.4 Å². The van der Waals surface area contributed by atoms with Crippen LogP contribution in [0.1, 0.15) is 11.1 Å². The molecule has 1 amide bonds. The molecule has 1 aliphatic heterocycles. The van der Waals surface area contributed by atoms with E-state index in [1.54, 1.807) is 12.1 Å². The number of amides is 1. The summed E-state index contributed by atoms with van der Waals surface area (Å²) in [5, 5.41) is 3.53. The number of carbonyl (C=O) groups excluding carboxylic acids is 1. The second kappa shape index (κ2) is 8.19. The second-order valence-corrected chi connectivity index (χ2v) is 6.43. The number of ether oxygens (including phenoxy) is 1. The zero-order valence-electron chi connectivity index (χ0n) is 14.2. The van der Waals surface area contributed by atoms with Crippen LogP contribution >= 0.6 is 11.6 Å². The van der Waals surface area contributed by atoms with Crippen molar-refractivity contribution in [3.05, 3.63) is 64.7 Å². The van der Waals surface area contributed by atoms with Crippen LogP contribution < -0.4 is 10.2 Å². The molecule has 0 spiro atoms. The van der Waals surface area contributed by atoms with Gasteiger partial charge in [-0.05, 0) is 36.8 Å². The molecule has 0 aliphatic carbocycles. The molecule has 3 rings (SSSR count). The molecule has 0 bridgehead atoms. The van der Waals surface area contributed by atoms with Gasteiger partial charge in [0.1, 0.15) is 0 Å². The van der Waals surface area contributed by atoms with Crippen molar-refractivity contribution in [3.8, 4) is 0 Å². The van der Waals surface area contributed by atoms with Gasteiger partial charge in [-0.2, -0.15) is 0 Å². The predicted molar refractivity (Wildman–Crippen MR) is 103 cm³/mol. The first-order chi connectivity index (χ1) is 12.1. The molecule has 130 valence electrons. The van der Waals surface area contributed by atoms with Crippen molar-refractivity contribution in [3.63, 3.8) is 0 Å². The van der Waals surface area contributed by atoms with Crippen LogP contribution in [-0.4, -0.2) is 32.2 Å². The fraction of sp³-hybridized carbons (Fsp3) is 0.250. The lowest BCUT2D eigenvalue weighted by atomic mass is 10.1. The molecule has 1 N–H and O–H groups in total. The van der Waals surface area contributed by atoms with E-state index in [0.29, 0.717) is 23.9 Å². The Morgan fingerprint density at radius 1 is 1.16 bits per heavy atom. The van der Waals surface area contributed by atoms with Crippen LogP contribution in [0.25, 0.3) is 6.08 Å². The number of hydrogen-bond donors (Lipinski definition) is 1. The number of halogens is 1. The Balaban J connectivity index is 1.73. The molecule has 0 unspecified atom stereocenters. The lowest BCUT2D eigenvalue weighted by Gasteiger charge is -2.30. The van der Waals surface area contributed by atoms with Crippen molar-refractivity contribution in [2.45, 2.75) is 6.92 Å². The van der Waals surface area contributed by atoms with Crippen LogP contribution in [0.3, 0.4) is 0 Å². The second-order valence-electron chi connectivity index (χ2n) is 5.99. The summed E-state index contributed by atoms with van der Waals surface area (Å²) in [6.45, 7) is 4.99. The topological polar surface area (TPSA) is 41.6 Å². The standard InChI is InChI=1S/C20H21ClN2O2/c1-15-2-4-16(5-3-15)6-9-20(24)22-18-14-17(21)7-8-19(18)23-10-12-25-13-11-23/h2-9,14H,10-13H2,1H3,(H,22,24). The highest BCUT2D eigenvalue weighted by Crippen LogP contribution is 2.30. The van der Waals surface area contributed by atoms with Crippen LogP contribution in [-0.2, 0) is 9.53 Å². The van der Waals surface area contributed by atoms with E-state index in [0.717, 1.165) is 24.3 Å². The Bertz CT molecular complexity index is 766. The summed E-state index contributed by atoms with van der Waals surface area (Å²) in [5.74, 6) is -0.183. The van der Waals surface area contributed by atoms with E-state index in [2.05, 4.69) is 10.2 Å². The Kier molecular flexibility index (Phi) is 5.74. The third-order valence-electron chi connectivity index (χ3n) is 4.07. The van der Waals surface area contributed by atoms with Crippen molar-refractivity contribution < 1.29 is 9.53 Å². The van der Waals surface area contributed by atoms with Gasteiger partial charge in [-0.1, -0.05) is 41.4 Å². The Labute approximate surface area is 153 Å². The van der Waals surface area contributed by atoms with Crippen molar-refractivity contribution >= 4 is 35.0 Å². The van der Waals surface area contributed by atoms with Gasteiger partial charge < -0.3 is 15.0 Å². The zero-order chi connectivity index (χ0) is 17.6. The first-order valence-corrected chi connectivity index (χ1v) is 8.67. The van der Waals surface area contributed by atoms with Gasteiger partial charge in [0, 0.05) is 24.2 Å². The number of hydrogen-bond acceptors (Lipinski definition) is 3. The number of carbonyl (C=O) groups is 1. The summed E-state index contributed by atoms with van der Waals surface area (Å²) in [5.41, 5.74) is 3.86. The average Bonchev–Trinajstić information content (AvgIpc) is 2.62. The smallest absolute Gasteiger partial charge is 0.248 e. The summed E-state index contributed by atoms with van der Waals surface area (Å²) >= 11 is 6.11. The van der Waals surface area contributed by atoms with E-state index < -0.39 is 0 Å². The molecule has 5 heteroatoms. The molecule has 1 aliphatic rings. The van der Waals surface area contributed by atoms with Crippen molar-refractivity contribution in [1.29, 1.82) is 0 Å². The van der Waals surface area contributed by atoms with Gasteiger partial charge in [-0.3, -0.25) is 4.79 Å². The van der Waals surface area contributed by atoms with Crippen molar-refractivity contribution in [2.24, 2.45) is 0 Å². The number of nitrogens with one attached hydrogen (secondary N) is 1. The number of benzene rings is 2. The van der Waals surface area contributed by atoms with Gasteiger partial charge in [0.05, 0.1) is 24.6 Å². The van der Waals surface area contributed by atoms with Gasteiger partial charge in [0.25, 0.3) is 0 Å². The normalized spacial score (nSPS) is 14.7. The van der Waals surface area contributed by atoms with E-state index in [1.807, 2.05) is 43.3 Å². The molecule has 0 radical (unpaired) electrons. The molecule has 2 aromatic carbocycles. The van der Waals surface area contributed by atoms with E-state index >= 15 is 0 Å². The highest BCUT2D eigenvalue weighted by Gasteiger charge is 2.16. The van der Waals surface area contributed by atoms with E-state index in [4.69, 9.17) is 16.3 Å². The lowest BCUT2D eigenvalue weighted by Crippen LogP contribution is -2.36. The number of nitrogens with zero attached hydrogens (tertiary/aromatic N) is 1. The fourth-order valence-corrected chi connectivity index (χ4v) is 2.88. The Hall–Kier alpha value is -2.30. The first-order valence-electron chi connectivity index (χ1n) is 8.30. The zero-order valence-corrected chi connectivity index (χ0v) is 14.9. The summed E-state index contributed by atoms with van der Waals surface area (Å²) in [7, 11) is 0. The van der Waals surface area contributed by atoms with E-state index in [-0.39, 0.29) is 5.91 Å². The summed E-state index contributed by atoms with van der Waals surface area (Å²) in [6, 6.07) is 13.6. The highest BCUT2D eigenvalue weighted by molar-refractivity contribution is 6.31. The monoisotopic (exact) mass is 356 g/mol. The number of anilines is 2. The van der Waals surface area contributed by atoms with Gasteiger partial charge in [0.2, 0.25) is 5.91 Å². The molecule has 2 aromatic rings. The maximum absolute atomic E-state index is 12.3. The predicted octanol–water partition coefficient (Wildman–Crippen LogP) is 4.14. The van der Waals surface area contributed by atoms with Crippen molar-refractivity contribution in [1.82, 2.24) is 0 Å². The van der Waals surface area contributed by atoms with Crippen LogP contribution in [0.15, 0.2) is 48.5 Å². The Morgan fingerprint density at radius 2 is 1.88 bits per heavy atom. The fourth-order valence-electron chi connectivity index (χ4n) is 2.71. The molecule has 0 atom stereocenters. The molecule has 0 aromatic heterocycles. The van der Waals surface area contributed by atoms with Gasteiger partial charge in [0.15, 0.2) is 0 Å². The van der Waals surface area contributed by atoms with Gasteiger partial charge in [-0.15, -0.1) is 0 Å². The highest BCUT2D eigenvalue weighted by atomic mass is 35.5. The van der Waals surface area contributed by atoms with Gasteiger partial charge in [-0.25, -0.2) is 0 Å². The number of aryl methyl sites for hydroxylation is 1. The molecule has 0 saturated carbocycles. The average molecular weight is 357 g/mol. The third-order valence-corrected chi connectivity index (χ3v) is 4.31. The molecular formula is C20H21ClN2O2. The molecule has 1 saturated heterocycles. The first kappa shape index (κ1) is 17.5. The summed E-state index contributed by atoms with van der Waals surface area (Å²) < 4.78 is 5.40. The largest absolute Gasteiger partial charge is 0.378 e. The SMILES string of the molecule is Cc1ccc(C=CC(=O)Nc2cc(Cl)ccc2N2CCOCC2)cc1. The number of rotatable bonds is 4. The number of morpholine rings is 1. The molecule has 1 fully saturated rings. The third kappa shape index (κ3) is 4.84. The summed E-state index contributed by atoms with van der Waals surface area (Å²) in [4.78, 5) is 14.5. The maximum atomic E-state index is 12.3. The van der Waals surface area contributed by atoms with Crippen molar-refractivity contribution in [2.75, 3.05) is 36.5 Å². The summed E-state index contributed by atoms with van der Waals surface area (Å²) in [6.07, 6.45) is 3.34. The minimum absolute atomic E-state index is 0.183. The molecule has 4 nitrogen and oxygen atoms in total. The van der Waals surface area contributed by atoms with Crippen LogP contribution in [0.5, 0.6) is 0 Å². The minimum atomic E-state index is -0.183. The minimum Gasteiger partial charge on any atom is -0.378 e. The molecule has 25 heavy (non-hydrogen) atoms. The van der Waals surface area contributed by atoms with Crippen LogP contribution in [0, 0.1) is 6.92 Å². The van der Waals surface area contributed by atoms with Crippen LogP contribution in [0.2, 0.25) is 5.02 Å². The quantitative estimate of drug-likeness (QED) is 0.837. The molecular weight excluding hydrogens is 336 g/mol. The van der Waals surface area contributed by atoms with E-state index in [9.17, 15) is 4.79 Å². The van der Waals surface area contributed by atoms with Gasteiger partial charge >= 0.3 is 0 Å².